The lowest BCUT2D eigenvalue weighted by atomic mass is 10.1. The van der Waals surface area contributed by atoms with Crippen molar-refractivity contribution in [1.82, 2.24) is 4.98 Å². The van der Waals surface area contributed by atoms with Gasteiger partial charge in [-0.2, -0.15) is 0 Å². The molecule has 0 amide bonds. The van der Waals surface area contributed by atoms with Crippen LogP contribution in [0.3, 0.4) is 0 Å². The van der Waals surface area contributed by atoms with Crippen molar-refractivity contribution in [1.29, 1.82) is 0 Å². The molecule has 1 aromatic rings. The van der Waals surface area contributed by atoms with Gasteiger partial charge in [0.25, 0.3) is 0 Å². The lowest BCUT2D eigenvalue weighted by Crippen LogP contribution is -2.24. The predicted molar refractivity (Wildman–Crippen MR) is 70.7 cm³/mol. The minimum Gasteiger partial charge on any atom is -0.389 e. The lowest BCUT2D eigenvalue weighted by molar-refractivity contribution is 0.568. The summed E-state index contributed by atoms with van der Waals surface area (Å²) < 4.78 is 0. The average molecular weight is 235 g/mol. The van der Waals surface area contributed by atoms with Crippen LogP contribution < -0.4 is 10.6 Å². The zero-order chi connectivity index (χ0) is 11.5. The molecule has 1 fully saturated rings. The number of aromatic nitrogens is 1. The van der Waals surface area contributed by atoms with Gasteiger partial charge in [-0.1, -0.05) is 25.6 Å². The van der Waals surface area contributed by atoms with Crippen molar-refractivity contribution in [2.45, 2.75) is 19.8 Å². The van der Waals surface area contributed by atoms with Crippen LogP contribution in [-0.4, -0.2) is 23.1 Å². The summed E-state index contributed by atoms with van der Waals surface area (Å²) >= 11 is 5.05. The van der Waals surface area contributed by atoms with Crippen LogP contribution in [0.2, 0.25) is 0 Å². The summed E-state index contributed by atoms with van der Waals surface area (Å²) in [6, 6.07) is 3.83. The van der Waals surface area contributed by atoms with Crippen LogP contribution in [-0.2, 0) is 0 Å². The molecule has 0 spiro atoms. The summed E-state index contributed by atoms with van der Waals surface area (Å²) in [5.41, 5.74) is 6.61. The van der Waals surface area contributed by atoms with Gasteiger partial charge in [0, 0.05) is 19.3 Å². The van der Waals surface area contributed by atoms with Crippen molar-refractivity contribution in [3.8, 4) is 0 Å². The third-order valence-electron chi connectivity index (χ3n) is 3.21. The van der Waals surface area contributed by atoms with Crippen LogP contribution in [0.5, 0.6) is 0 Å². The average Bonchev–Trinajstić information content (AvgIpc) is 2.77. The van der Waals surface area contributed by atoms with E-state index < -0.39 is 0 Å². The van der Waals surface area contributed by atoms with Crippen LogP contribution >= 0.6 is 12.2 Å². The van der Waals surface area contributed by atoms with Crippen LogP contribution in [0.4, 0.5) is 5.82 Å². The minimum absolute atomic E-state index is 0.433. The van der Waals surface area contributed by atoms with E-state index >= 15 is 0 Å². The second kappa shape index (κ2) is 4.78. The number of nitrogens with zero attached hydrogens (tertiary/aromatic N) is 2. The molecule has 1 unspecified atom stereocenters. The molecular weight excluding hydrogens is 218 g/mol. The molecule has 1 aromatic heterocycles. The maximum Gasteiger partial charge on any atom is 0.138 e. The number of hydrogen-bond donors (Lipinski definition) is 1. The number of nitrogens with two attached hydrogens (primary N) is 1. The molecule has 4 heteroatoms. The largest absolute Gasteiger partial charge is 0.389 e. The number of hydrogen-bond acceptors (Lipinski definition) is 3. The molecule has 0 radical (unpaired) electrons. The van der Waals surface area contributed by atoms with Gasteiger partial charge in [-0.15, -0.1) is 0 Å². The molecule has 2 N–H and O–H groups in total. The maximum atomic E-state index is 5.71. The molecule has 2 rings (SSSR count). The highest BCUT2D eigenvalue weighted by Gasteiger charge is 2.24. The smallest absolute Gasteiger partial charge is 0.138 e. The molecular formula is C12H17N3S. The standard InChI is InChI=1S/C12H17N3S/c1-2-9-5-7-15(8-9)12-10(11(13)16)4-3-6-14-12/h3-4,6,9H,2,5,7-8H2,1H3,(H2,13,16). The Morgan fingerprint density at radius 2 is 2.50 bits per heavy atom. The van der Waals surface area contributed by atoms with Crippen LogP contribution in [0.15, 0.2) is 18.3 Å². The van der Waals surface area contributed by atoms with Crippen molar-refractivity contribution < 1.29 is 0 Å². The Bertz CT molecular complexity index is 392. The summed E-state index contributed by atoms with van der Waals surface area (Å²) in [5, 5.41) is 0. The van der Waals surface area contributed by atoms with Crippen molar-refractivity contribution in [3.63, 3.8) is 0 Å². The van der Waals surface area contributed by atoms with Gasteiger partial charge in [-0.05, 0) is 24.5 Å². The number of pyridine rings is 1. The second-order valence-electron chi connectivity index (χ2n) is 4.25. The molecule has 0 saturated carbocycles. The molecule has 0 aromatic carbocycles. The Morgan fingerprint density at radius 1 is 1.69 bits per heavy atom. The topological polar surface area (TPSA) is 42.2 Å². The first-order valence-corrected chi connectivity index (χ1v) is 6.13. The first-order chi connectivity index (χ1) is 7.72. The quantitative estimate of drug-likeness (QED) is 0.813. The van der Waals surface area contributed by atoms with E-state index in [0.29, 0.717) is 4.99 Å². The number of thiocarbonyl (C=S) groups is 1. The van der Waals surface area contributed by atoms with Gasteiger partial charge < -0.3 is 10.6 Å². The van der Waals surface area contributed by atoms with Gasteiger partial charge in [0.15, 0.2) is 0 Å². The molecule has 2 heterocycles. The Hall–Kier alpha value is -1.16. The monoisotopic (exact) mass is 235 g/mol. The molecule has 86 valence electrons. The molecule has 1 saturated heterocycles. The minimum atomic E-state index is 0.433. The van der Waals surface area contributed by atoms with Crippen molar-refractivity contribution in [3.05, 3.63) is 23.9 Å². The summed E-state index contributed by atoms with van der Waals surface area (Å²) in [7, 11) is 0. The van der Waals surface area contributed by atoms with E-state index in [1.54, 1.807) is 6.20 Å². The van der Waals surface area contributed by atoms with Gasteiger partial charge in [-0.25, -0.2) is 4.98 Å². The highest BCUT2D eigenvalue weighted by molar-refractivity contribution is 7.80. The molecule has 1 aliphatic rings. The molecule has 1 aliphatic heterocycles. The number of rotatable bonds is 3. The third-order valence-corrected chi connectivity index (χ3v) is 3.43. The van der Waals surface area contributed by atoms with E-state index in [4.69, 9.17) is 18.0 Å². The van der Waals surface area contributed by atoms with E-state index in [1.807, 2.05) is 12.1 Å². The van der Waals surface area contributed by atoms with E-state index in [9.17, 15) is 0 Å². The highest BCUT2D eigenvalue weighted by atomic mass is 32.1. The summed E-state index contributed by atoms with van der Waals surface area (Å²) in [5.74, 6) is 1.73. The molecule has 3 nitrogen and oxygen atoms in total. The SMILES string of the molecule is CCC1CCN(c2ncccc2C(N)=S)C1. The zero-order valence-electron chi connectivity index (χ0n) is 9.52. The van der Waals surface area contributed by atoms with Crippen molar-refractivity contribution in [2.75, 3.05) is 18.0 Å². The lowest BCUT2D eigenvalue weighted by Gasteiger charge is -2.19. The van der Waals surface area contributed by atoms with E-state index in [1.165, 1.54) is 12.8 Å². The fourth-order valence-electron chi connectivity index (χ4n) is 2.20. The van der Waals surface area contributed by atoms with Gasteiger partial charge in [-0.3, -0.25) is 0 Å². The number of anilines is 1. The highest BCUT2D eigenvalue weighted by Crippen LogP contribution is 2.26. The normalized spacial score (nSPS) is 20.1. The van der Waals surface area contributed by atoms with E-state index in [2.05, 4.69) is 16.8 Å². The molecule has 16 heavy (non-hydrogen) atoms. The summed E-state index contributed by atoms with van der Waals surface area (Å²) in [6.07, 6.45) is 4.27. The third kappa shape index (κ3) is 2.16. The Morgan fingerprint density at radius 3 is 3.12 bits per heavy atom. The predicted octanol–water partition coefficient (Wildman–Crippen LogP) is 1.95. The van der Waals surface area contributed by atoms with Crippen molar-refractivity contribution >= 4 is 23.0 Å². The van der Waals surface area contributed by atoms with Gasteiger partial charge in [0.2, 0.25) is 0 Å². The second-order valence-corrected chi connectivity index (χ2v) is 4.69. The Labute approximate surface area is 102 Å². The summed E-state index contributed by atoms with van der Waals surface area (Å²) in [6.45, 7) is 4.37. The Balaban J connectivity index is 2.24. The summed E-state index contributed by atoms with van der Waals surface area (Å²) in [4.78, 5) is 7.14. The molecule has 0 bridgehead atoms. The fraction of sp³-hybridized carbons (Fsp3) is 0.500. The van der Waals surface area contributed by atoms with Crippen LogP contribution in [0.1, 0.15) is 25.3 Å². The van der Waals surface area contributed by atoms with Crippen LogP contribution in [0.25, 0.3) is 0 Å². The van der Waals surface area contributed by atoms with E-state index in [0.717, 1.165) is 30.4 Å². The first kappa shape index (κ1) is 11.3. The van der Waals surface area contributed by atoms with E-state index in [-0.39, 0.29) is 0 Å². The Kier molecular flexibility index (Phi) is 3.39. The maximum absolute atomic E-state index is 5.71. The van der Waals surface area contributed by atoms with Gasteiger partial charge in [0.05, 0.1) is 5.56 Å². The van der Waals surface area contributed by atoms with Gasteiger partial charge in [0.1, 0.15) is 10.8 Å². The van der Waals surface area contributed by atoms with Crippen molar-refractivity contribution in [2.24, 2.45) is 11.7 Å². The zero-order valence-corrected chi connectivity index (χ0v) is 10.3. The molecule has 0 aliphatic carbocycles. The first-order valence-electron chi connectivity index (χ1n) is 5.72. The van der Waals surface area contributed by atoms with Gasteiger partial charge >= 0.3 is 0 Å². The van der Waals surface area contributed by atoms with Crippen LogP contribution in [0, 0.1) is 5.92 Å². The fourth-order valence-corrected chi connectivity index (χ4v) is 2.36. The molecule has 1 atom stereocenters.